The summed E-state index contributed by atoms with van der Waals surface area (Å²) in [6.45, 7) is 6.38. The number of rotatable bonds is 5. The topological polar surface area (TPSA) is 3.24 Å². The van der Waals surface area contributed by atoms with Crippen molar-refractivity contribution in [3.05, 3.63) is 28.2 Å². The molecule has 0 saturated carbocycles. The number of hydrogen-bond donors (Lipinski definition) is 0. The summed E-state index contributed by atoms with van der Waals surface area (Å²) in [5.41, 5.74) is 1.05. The number of halogens is 2. The maximum absolute atomic E-state index is 6.19. The van der Waals surface area contributed by atoms with Crippen LogP contribution in [0.2, 0.25) is 10.0 Å². The SMILES string of the molecule is CCCN(CCC)c1cccc(Cl)c1Cl. The zero-order chi connectivity index (χ0) is 11.3. The second kappa shape index (κ2) is 6.24. The normalized spacial score (nSPS) is 10.4. The van der Waals surface area contributed by atoms with Crippen molar-refractivity contribution >= 4 is 28.9 Å². The highest BCUT2D eigenvalue weighted by Crippen LogP contribution is 2.32. The summed E-state index contributed by atoms with van der Waals surface area (Å²) in [5.74, 6) is 0. The zero-order valence-electron chi connectivity index (χ0n) is 9.26. The van der Waals surface area contributed by atoms with Crippen LogP contribution in [0.25, 0.3) is 0 Å². The molecule has 0 unspecified atom stereocenters. The van der Waals surface area contributed by atoms with Gasteiger partial charge in [0, 0.05) is 13.1 Å². The summed E-state index contributed by atoms with van der Waals surface area (Å²) in [6.07, 6.45) is 2.23. The van der Waals surface area contributed by atoms with Crippen molar-refractivity contribution in [2.24, 2.45) is 0 Å². The molecule has 0 heterocycles. The third-order valence-corrected chi connectivity index (χ3v) is 3.07. The molecule has 0 aliphatic heterocycles. The molecular formula is C12H17Cl2N. The van der Waals surface area contributed by atoms with Crippen LogP contribution in [0.4, 0.5) is 5.69 Å². The summed E-state index contributed by atoms with van der Waals surface area (Å²) >= 11 is 12.2. The van der Waals surface area contributed by atoms with Crippen LogP contribution in [-0.4, -0.2) is 13.1 Å². The predicted molar refractivity (Wildman–Crippen MR) is 69.3 cm³/mol. The molecule has 0 bridgehead atoms. The van der Waals surface area contributed by atoms with Crippen molar-refractivity contribution in [2.45, 2.75) is 26.7 Å². The lowest BCUT2D eigenvalue weighted by atomic mass is 10.2. The van der Waals surface area contributed by atoms with E-state index in [0.717, 1.165) is 31.6 Å². The molecule has 0 amide bonds. The van der Waals surface area contributed by atoms with Crippen LogP contribution in [0.1, 0.15) is 26.7 Å². The van der Waals surface area contributed by atoms with E-state index in [1.807, 2.05) is 18.2 Å². The molecule has 3 heteroatoms. The van der Waals surface area contributed by atoms with Gasteiger partial charge < -0.3 is 4.90 Å². The second-order valence-corrected chi connectivity index (χ2v) is 4.35. The van der Waals surface area contributed by atoms with E-state index < -0.39 is 0 Å². The largest absolute Gasteiger partial charge is 0.370 e. The molecule has 0 atom stereocenters. The Morgan fingerprint density at radius 2 is 1.67 bits per heavy atom. The molecule has 84 valence electrons. The maximum atomic E-state index is 6.19. The lowest BCUT2D eigenvalue weighted by molar-refractivity contribution is 0.745. The monoisotopic (exact) mass is 245 g/mol. The molecule has 0 N–H and O–H groups in total. The van der Waals surface area contributed by atoms with E-state index >= 15 is 0 Å². The van der Waals surface area contributed by atoms with Crippen LogP contribution in [0.3, 0.4) is 0 Å². The van der Waals surface area contributed by atoms with Gasteiger partial charge in [-0.15, -0.1) is 0 Å². The van der Waals surface area contributed by atoms with Gasteiger partial charge in [-0.2, -0.15) is 0 Å². The highest BCUT2D eigenvalue weighted by molar-refractivity contribution is 6.43. The average Bonchev–Trinajstić information content (AvgIpc) is 2.22. The van der Waals surface area contributed by atoms with Crippen LogP contribution < -0.4 is 4.90 Å². The Morgan fingerprint density at radius 3 is 2.20 bits per heavy atom. The van der Waals surface area contributed by atoms with Crippen molar-refractivity contribution in [3.8, 4) is 0 Å². The standard InChI is InChI=1S/C12H17Cl2N/c1-3-8-15(9-4-2)11-7-5-6-10(13)12(11)14/h5-7H,3-4,8-9H2,1-2H3. The molecule has 0 fully saturated rings. The van der Waals surface area contributed by atoms with Crippen molar-refractivity contribution in [1.82, 2.24) is 0 Å². The van der Waals surface area contributed by atoms with Crippen LogP contribution >= 0.6 is 23.2 Å². The van der Waals surface area contributed by atoms with Gasteiger partial charge in [0.2, 0.25) is 0 Å². The molecule has 15 heavy (non-hydrogen) atoms. The fraction of sp³-hybridized carbons (Fsp3) is 0.500. The van der Waals surface area contributed by atoms with Crippen molar-refractivity contribution in [2.75, 3.05) is 18.0 Å². The second-order valence-electron chi connectivity index (χ2n) is 3.56. The third kappa shape index (κ3) is 3.29. The minimum Gasteiger partial charge on any atom is -0.370 e. The average molecular weight is 246 g/mol. The number of hydrogen-bond acceptors (Lipinski definition) is 1. The quantitative estimate of drug-likeness (QED) is 0.732. The van der Waals surface area contributed by atoms with Gasteiger partial charge >= 0.3 is 0 Å². The Morgan fingerprint density at radius 1 is 1.07 bits per heavy atom. The first-order valence-corrected chi connectivity index (χ1v) is 6.15. The fourth-order valence-corrected chi connectivity index (χ4v) is 2.04. The van der Waals surface area contributed by atoms with E-state index in [4.69, 9.17) is 23.2 Å². The molecule has 1 aromatic carbocycles. The smallest absolute Gasteiger partial charge is 0.0825 e. The number of benzene rings is 1. The van der Waals surface area contributed by atoms with Gasteiger partial charge in [0.1, 0.15) is 0 Å². The summed E-state index contributed by atoms with van der Waals surface area (Å²) < 4.78 is 0. The molecule has 1 nitrogen and oxygen atoms in total. The molecule has 0 spiro atoms. The van der Waals surface area contributed by atoms with E-state index in [0.29, 0.717) is 10.0 Å². The van der Waals surface area contributed by atoms with Gasteiger partial charge in [-0.3, -0.25) is 0 Å². The Bertz CT molecular complexity index is 306. The maximum Gasteiger partial charge on any atom is 0.0825 e. The predicted octanol–water partition coefficient (Wildman–Crippen LogP) is 4.62. The molecule has 0 aliphatic carbocycles. The van der Waals surface area contributed by atoms with Gasteiger partial charge in [-0.05, 0) is 25.0 Å². The van der Waals surface area contributed by atoms with Crippen LogP contribution in [0.5, 0.6) is 0 Å². The first kappa shape index (κ1) is 12.7. The molecule has 1 aromatic rings. The van der Waals surface area contributed by atoms with Crippen LogP contribution in [0, 0.1) is 0 Å². The lowest BCUT2D eigenvalue weighted by Gasteiger charge is -2.25. The van der Waals surface area contributed by atoms with E-state index in [1.165, 1.54) is 0 Å². The van der Waals surface area contributed by atoms with E-state index in [-0.39, 0.29) is 0 Å². The molecular weight excluding hydrogens is 229 g/mol. The summed E-state index contributed by atoms with van der Waals surface area (Å²) in [5, 5.41) is 1.30. The van der Waals surface area contributed by atoms with E-state index in [9.17, 15) is 0 Å². The zero-order valence-corrected chi connectivity index (χ0v) is 10.8. The van der Waals surface area contributed by atoms with Crippen LogP contribution in [-0.2, 0) is 0 Å². The number of nitrogens with zero attached hydrogens (tertiary/aromatic N) is 1. The Kier molecular flexibility index (Phi) is 5.27. The molecule has 0 aliphatic rings. The van der Waals surface area contributed by atoms with E-state index in [2.05, 4.69) is 18.7 Å². The minimum atomic E-state index is 0.631. The summed E-state index contributed by atoms with van der Waals surface area (Å²) in [6, 6.07) is 5.80. The first-order chi connectivity index (χ1) is 7.20. The highest BCUT2D eigenvalue weighted by Gasteiger charge is 2.10. The Balaban J connectivity index is 2.94. The first-order valence-electron chi connectivity index (χ1n) is 5.39. The fourth-order valence-electron chi connectivity index (χ4n) is 1.63. The highest BCUT2D eigenvalue weighted by atomic mass is 35.5. The number of anilines is 1. The molecule has 1 rings (SSSR count). The van der Waals surface area contributed by atoms with Gasteiger partial charge in [0.05, 0.1) is 15.7 Å². The third-order valence-electron chi connectivity index (χ3n) is 2.26. The molecule has 0 aromatic heterocycles. The van der Waals surface area contributed by atoms with Gasteiger partial charge in [0.25, 0.3) is 0 Å². The summed E-state index contributed by atoms with van der Waals surface area (Å²) in [4.78, 5) is 2.29. The Labute approximate surface area is 102 Å². The van der Waals surface area contributed by atoms with Crippen molar-refractivity contribution in [3.63, 3.8) is 0 Å². The van der Waals surface area contributed by atoms with E-state index in [1.54, 1.807) is 0 Å². The Hall–Kier alpha value is -0.400. The molecule has 0 radical (unpaired) electrons. The van der Waals surface area contributed by atoms with Gasteiger partial charge in [-0.25, -0.2) is 0 Å². The van der Waals surface area contributed by atoms with Crippen molar-refractivity contribution in [1.29, 1.82) is 0 Å². The lowest BCUT2D eigenvalue weighted by Crippen LogP contribution is -2.25. The van der Waals surface area contributed by atoms with Gasteiger partial charge in [-0.1, -0.05) is 43.1 Å². The molecule has 0 saturated heterocycles. The van der Waals surface area contributed by atoms with Crippen molar-refractivity contribution < 1.29 is 0 Å². The minimum absolute atomic E-state index is 0.631. The summed E-state index contributed by atoms with van der Waals surface area (Å²) in [7, 11) is 0. The van der Waals surface area contributed by atoms with Crippen LogP contribution in [0.15, 0.2) is 18.2 Å². The van der Waals surface area contributed by atoms with Gasteiger partial charge in [0.15, 0.2) is 0 Å².